The number of nitrogens with zero attached hydrogens (tertiary/aromatic N) is 2. The summed E-state index contributed by atoms with van der Waals surface area (Å²) in [5.41, 5.74) is -0.259. The molecule has 2 saturated heterocycles. The number of hydrogen-bond acceptors (Lipinski definition) is 7. The number of aliphatic hydroxyl groups excluding tert-OH is 1. The summed E-state index contributed by atoms with van der Waals surface area (Å²) in [5.74, 6) is 1.15. The summed E-state index contributed by atoms with van der Waals surface area (Å²) in [6.45, 7) is 5.99. The maximum Gasteiger partial charge on any atom is 0.251 e. The molecule has 2 atom stereocenters. The lowest BCUT2D eigenvalue weighted by molar-refractivity contribution is -0.165. The van der Waals surface area contributed by atoms with Gasteiger partial charge in [-0.2, -0.15) is 0 Å². The Bertz CT molecular complexity index is 1240. The molecule has 10 nitrogen and oxygen atoms in total. The van der Waals surface area contributed by atoms with Gasteiger partial charge in [0.25, 0.3) is 5.91 Å². The number of ether oxygens (including phenoxy) is 1. The predicted octanol–water partition coefficient (Wildman–Crippen LogP) is 4.69. The molecule has 2 aromatic rings. The average Bonchev–Trinajstić information content (AvgIpc) is 3.60. The minimum atomic E-state index is -0.832. The number of hydrogen-bond donors (Lipinski definition) is 3. The van der Waals surface area contributed by atoms with E-state index >= 15 is 0 Å². The lowest BCUT2D eigenvalue weighted by atomic mass is 9.78. The van der Waals surface area contributed by atoms with Gasteiger partial charge >= 0.3 is 0 Å². The molecule has 1 aliphatic carbocycles. The number of furan rings is 1. The maximum absolute atomic E-state index is 13.8. The highest BCUT2D eigenvalue weighted by atomic mass is 35.5. The van der Waals surface area contributed by atoms with Crippen molar-refractivity contribution in [3.05, 3.63) is 54.0 Å². The molecule has 3 fully saturated rings. The second kappa shape index (κ2) is 17.2. The van der Waals surface area contributed by atoms with E-state index in [0.717, 1.165) is 76.8 Å². The molecule has 1 saturated carbocycles. The van der Waals surface area contributed by atoms with E-state index in [2.05, 4.69) is 22.5 Å². The fourth-order valence-electron chi connectivity index (χ4n) is 7.11. The molecule has 3 amide bonds. The Morgan fingerprint density at radius 3 is 2.48 bits per heavy atom. The number of unbranched alkanes of at least 4 members (excludes halogenated alkanes) is 2. The molecule has 3 heterocycles. The van der Waals surface area contributed by atoms with Crippen LogP contribution >= 0.6 is 12.4 Å². The van der Waals surface area contributed by atoms with Crippen LogP contribution in [0, 0.1) is 5.92 Å². The first-order valence-electron chi connectivity index (χ1n) is 17.0. The van der Waals surface area contributed by atoms with Crippen molar-refractivity contribution in [1.29, 1.82) is 0 Å². The largest absolute Gasteiger partial charge is 0.494 e. The number of benzene rings is 1. The Hall–Kier alpha value is -3.08. The van der Waals surface area contributed by atoms with Crippen LogP contribution in [-0.4, -0.2) is 83.1 Å². The zero-order valence-corrected chi connectivity index (χ0v) is 27.9. The summed E-state index contributed by atoms with van der Waals surface area (Å²) >= 11 is 0. The average molecular weight is 659 g/mol. The summed E-state index contributed by atoms with van der Waals surface area (Å²) in [4.78, 5) is 44.1. The Morgan fingerprint density at radius 2 is 1.80 bits per heavy atom. The molecular formula is C35H51ClN4O6. The van der Waals surface area contributed by atoms with E-state index in [0.29, 0.717) is 43.9 Å². The van der Waals surface area contributed by atoms with Crippen LogP contribution in [0.3, 0.4) is 0 Å². The number of nitrogens with one attached hydrogen (secondary N) is 2. The van der Waals surface area contributed by atoms with Gasteiger partial charge in [-0.1, -0.05) is 32.6 Å². The van der Waals surface area contributed by atoms with E-state index < -0.39 is 17.7 Å². The molecule has 5 rings (SSSR count). The number of piperidine rings is 1. The van der Waals surface area contributed by atoms with Gasteiger partial charge in [-0.05, 0) is 93.8 Å². The number of aliphatic hydroxyl groups is 1. The molecule has 1 aromatic heterocycles. The Morgan fingerprint density at radius 1 is 1.07 bits per heavy atom. The second-order valence-electron chi connectivity index (χ2n) is 12.9. The first-order chi connectivity index (χ1) is 21.9. The summed E-state index contributed by atoms with van der Waals surface area (Å²) in [7, 11) is 0. The minimum absolute atomic E-state index is 0. The van der Waals surface area contributed by atoms with Gasteiger partial charge < -0.3 is 34.7 Å². The van der Waals surface area contributed by atoms with Gasteiger partial charge in [0.15, 0.2) is 0 Å². The molecule has 0 unspecified atom stereocenters. The van der Waals surface area contributed by atoms with Gasteiger partial charge in [-0.3, -0.25) is 14.4 Å². The van der Waals surface area contributed by atoms with Crippen LogP contribution in [0.4, 0.5) is 0 Å². The van der Waals surface area contributed by atoms with Gasteiger partial charge in [0, 0.05) is 25.2 Å². The van der Waals surface area contributed by atoms with Crippen molar-refractivity contribution in [2.45, 2.75) is 102 Å². The molecule has 46 heavy (non-hydrogen) atoms. The van der Waals surface area contributed by atoms with Crippen molar-refractivity contribution in [2.24, 2.45) is 5.92 Å². The number of halogens is 1. The summed E-state index contributed by atoms with van der Waals surface area (Å²) in [6.07, 6.45) is 10.8. The SMILES string of the molecule is CCCCN1C(=O)[C@@H]([C@H](O)C2CCCCC2)NC(=O)C12CCN(CCCCOc1ccc(C(=O)NCc3ccco3)cc1)CC2.Cl. The third-order valence-corrected chi connectivity index (χ3v) is 9.91. The van der Waals surface area contributed by atoms with E-state index in [1.165, 1.54) is 6.42 Å². The summed E-state index contributed by atoms with van der Waals surface area (Å²) in [5, 5.41) is 17.0. The first kappa shape index (κ1) is 35.8. The van der Waals surface area contributed by atoms with Crippen molar-refractivity contribution in [3.63, 3.8) is 0 Å². The summed E-state index contributed by atoms with van der Waals surface area (Å²) in [6, 6.07) is 9.91. The van der Waals surface area contributed by atoms with E-state index in [1.807, 2.05) is 23.1 Å². The zero-order valence-electron chi connectivity index (χ0n) is 27.1. The molecule has 0 bridgehead atoms. The standard InChI is InChI=1S/C35H50N4O6.ClH/c1-2-3-20-39-33(42)30(31(40)26-10-5-4-6-11-26)37-34(43)35(39)17-21-38(22-18-35)19-7-8-23-44-28-15-13-27(14-16-28)32(41)36-25-29-12-9-24-45-29;/h9,12-16,24,26,30-31,40H,2-8,10-11,17-23,25H2,1H3,(H,36,41)(H,37,43);1H/t30-,31-;/m1./s1. The Kier molecular flexibility index (Phi) is 13.4. The number of likely N-dealkylation sites (tertiary alicyclic amines) is 1. The van der Waals surface area contributed by atoms with Crippen LogP contribution in [0.5, 0.6) is 5.75 Å². The molecule has 11 heteroatoms. The molecule has 3 N–H and O–H groups in total. The van der Waals surface area contributed by atoms with E-state index in [1.54, 1.807) is 24.5 Å². The number of rotatable bonds is 14. The van der Waals surface area contributed by atoms with Crippen LogP contribution in [0.15, 0.2) is 47.1 Å². The third-order valence-electron chi connectivity index (χ3n) is 9.91. The fraction of sp³-hybridized carbons (Fsp3) is 0.629. The van der Waals surface area contributed by atoms with Crippen LogP contribution < -0.4 is 15.4 Å². The molecule has 1 spiro atoms. The van der Waals surface area contributed by atoms with Gasteiger partial charge in [-0.15, -0.1) is 12.4 Å². The van der Waals surface area contributed by atoms with Gasteiger partial charge in [0.2, 0.25) is 11.8 Å². The number of amides is 3. The Labute approximate surface area is 279 Å². The lowest BCUT2D eigenvalue weighted by Gasteiger charge is -2.52. The number of carbonyl (C=O) groups is 3. The van der Waals surface area contributed by atoms with Crippen molar-refractivity contribution < 1.29 is 28.6 Å². The Balaban J connectivity index is 0.00000480. The molecule has 3 aliphatic rings. The van der Waals surface area contributed by atoms with Crippen LogP contribution in [0.25, 0.3) is 0 Å². The highest BCUT2D eigenvalue weighted by Crippen LogP contribution is 2.36. The van der Waals surface area contributed by atoms with Crippen molar-refractivity contribution in [2.75, 3.05) is 32.8 Å². The van der Waals surface area contributed by atoms with Gasteiger partial charge in [0.05, 0.1) is 25.5 Å². The lowest BCUT2D eigenvalue weighted by Crippen LogP contribution is -2.75. The number of piperazine rings is 1. The summed E-state index contributed by atoms with van der Waals surface area (Å²) < 4.78 is 11.2. The molecule has 0 radical (unpaired) electrons. The molecule has 2 aliphatic heterocycles. The monoisotopic (exact) mass is 658 g/mol. The smallest absolute Gasteiger partial charge is 0.251 e. The predicted molar refractivity (Wildman–Crippen MR) is 178 cm³/mol. The van der Waals surface area contributed by atoms with Gasteiger partial charge in [0.1, 0.15) is 23.1 Å². The van der Waals surface area contributed by atoms with E-state index in [-0.39, 0.29) is 36.0 Å². The number of carbonyl (C=O) groups excluding carboxylic acids is 3. The maximum atomic E-state index is 13.8. The molecule has 1 aromatic carbocycles. The fourth-order valence-corrected chi connectivity index (χ4v) is 7.11. The van der Waals surface area contributed by atoms with Crippen LogP contribution in [0.1, 0.15) is 93.7 Å². The van der Waals surface area contributed by atoms with Crippen LogP contribution in [0.2, 0.25) is 0 Å². The van der Waals surface area contributed by atoms with Crippen molar-refractivity contribution in [3.8, 4) is 5.75 Å². The van der Waals surface area contributed by atoms with E-state index in [4.69, 9.17) is 9.15 Å². The molecule has 254 valence electrons. The highest BCUT2D eigenvalue weighted by molar-refractivity contribution is 6.00. The third kappa shape index (κ3) is 8.63. The van der Waals surface area contributed by atoms with Crippen molar-refractivity contribution >= 4 is 30.1 Å². The molecular weight excluding hydrogens is 608 g/mol. The normalized spacial score (nSPS) is 21.0. The second-order valence-corrected chi connectivity index (χ2v) is 12.9. The van der Waals surface area contributed by atoms with Crippen molar-refractivity contribution in [1.82, 2.24) is 20.4 Å². The van der Waals surface area contributed by atoms with Crippen LogP contribution in [-0.2, 0) is 16.1 Å². The zero-order chi connectivity index (χ0) is 31.6. The highest BCUT2D eigenvalue weighted by Gasteiger charge is 2.55. The van der Waals surface area contributed by atoms with E-state index in [9.17, 15) is 19.5 Å². The quantitative estimate of drug-likeness (QED) is 0.252. The first-order valence-corrected chi connectivity index (χ1v) is 17.0. The van der Waals surface area contributed by atoms with Gasteiger partial charge in [-0.25, -0.2) is 0 Å². The topological polar surface area (TPSA) is 124 Å². The minimum Gasteiger partial charge on any atom is -0.494 e.